The SMILES string of the molecule is CCOCCOC(=O)[C@@H]1CCCCN1Cc1ccccc1. The number of benzene rings is 1. The summed E-state index contributed by atoms with van der Waals surface area (Å²) in [5, 5.41) is 0. The Kier molecular flexibility index (Phi) is 6.70. The number of hydrogen-bond acceptors (Lipinski definition) is 4. The quantitative estimate of drug-likeness (QED) is 0.572. The molecule has 0 amide bonds. The molecule has 2 rings (SSSR count). The van der Waals surface area contributed by atoms with E-state index in [-0.39, 0.29) is 12.0 Å². The van der Waals surface area contributed by atoms with Gasteiger partial charge in [-0.05, 0) is 31.9 Å². The fourth-order valence-corrected chi connectivity index (χ4v) is 2.71. The molecule has 1 heterocycles. The number of likely N-dealkylation sites (tertiary alicyclic amines) is 1. The molecule has 0 spiro atoms. The van der Waals surface area contributed by atoms with Gasteiger partial charge in [0.1, 0.15) is 12.6 Å². The van der Waals surface area contributed by atoms with Crippen LogP contribution in [0.3, 0.4) is 0 Å². The number of carbonyl (C=O) groups is 1. The van der Waals surface area contributed by atoms with Gasteiger partial charge in [0, 0.05) is 13.2 Å². The zero-order valence-corrected chi connectivity index (χ0v) is 12.8. The zero-order valence-electron chi connectivity index (χ0n) is 12.8. The molecule has 0 aliphatic carbocycles. The Morgan fingerprint density at radius 3 is 2.81 bits per heavy atom. The van der Waals surface area contributed by atoms with Gasteiger partial charge in [0.05, 0.1) is 6.61 Å². The molecule has 1 aliphatic rings. The largest absolute Gasteiger partial charge is 0.462 e. The van der Waals surface area contributed by atoms with Crippen molar-refractivity contribution in [2.24, 2.45) is 0 Å². The molecule has 1 saturated heterocycles. The van der Waals surface area contributed by atoms with Gasteiger partial charge in [-0.1, -0.05) is 36.8 Å². The van der Waals surface area contributed by atoms with Gasteiger partial charge in [0.15, 0.2) is 0 Å². The minimum Gasteiger partial charge on any atom is -0.462 e. The van der Waals surface area contributed by atoms with Gasteiger partial charge < -0.3 is 9.47 Å². The molecule has 1 aromatic carbocycles. The molecule has 0 aromatic heterocycles. The number of ether oxygens (including phenoxy) is 2. The summed E-state index contributed by atoms with van der Waals surface area (Å²) in [4.78, 5) is 14.5. The van der Waals surface area contributed by atoms with Crippen LogP contribution >= 0.6 is 0 Å². The second kappa shape index (κ2) is 8.80. The van der Waals surface area contributed by atoms with Crippen LogP contribution in [0.15, 0.2) is 30.3 Å². The number of rotatable bonds is 7. The fraction of sp³-hybridized carbons (Fsp3) is 0.588. The molecule has 21 heavy (non-hydrogen) atoms. The third kappa shape index (κ3) is 5.14. The minimum absolute atomic E-state index is 0.106. The summed E-state index contributed by atoms with van der Waals surface area (Å²) in [5.74, 6) is -0.106. The second-order valence-electron chi connectivity index (χ2n) is 5.33. The first-order valence-electron chi connectivity index (χ1n) is 7.83. The zero-order chi connectivity index (χ0) is 14.9. The van der Waals surface area contributed by atoms with Gasteiger partial charge in [-0.15, -0.1) is 0 Å². The van der Waals surface area contributed by atoms with Crippen LogP contribution in [0, 0.1) is 0 Å². The molecule has 0 saturated carbocycles. The van der Waals surface area contributed by atoms with Crippen LogP contribution in [0.2, 0.25) is 0 Å². The lowest BCUT2D eigenvalue weighted by atomic mass is 10.0. The third-order valence-corrected chi connectivity index (χ3v) is 3.79. The van der Waals surface area contributed by atoms with Crippen molar-refractivity contribution < 1.29 is 14.3 Å². The van der Waals surface area contributed by atoms with Crippen molar-refractivity contribution >= 4 is 5.97 Å². The highest BCUT2D eigenvalue weighted by molar-refractivity contribution is 5.75. The number of esters is 1. The summed E-state index contributed by atoms with van der Waals surface area (Å²) < 4.78 is 10.5. The summed E-state index contributed by atoms with van der Waals surface area (Å²) in [6.45, 7) is 5.19. The third-order valence-electron chi connectivity index (χ3n) is 3.79. The minimum atomic E-state index is -0.111. The average Bonchev–Trinajstić information content (AvgIpc) is 2.53. The van der Waals surface area contributed by atoms with E-state index in [1.54, 1.807) is 0 Å². The van der Waals surface area contributed by atoms with Crippen molar-refractivity contribution in [2.75, 3.05) is 26.4 Å². The maximum Gasteiger partial charge on any atom is 0.323 e. The van der Waals surface area contributed by atoms with Crippen LogP contribution in [-0.4, -0.2) is 43.3 Å². The van der Waals surface area contributed by atoms with Crippen molar-refractivity contribution in [3.8, 4) is 0 Å². The van der Waals surface area contributed by atoms with Gasteiger partial charge in [-0.3, -0.25) is 9.69 Å². The van der Waals surface area contributed by atoms with E-state index >= 15 is 0 Å². The number of piperidine rings is 1. The molecule has 1 atom stereocenters. The predicted octanol–water partition coefficient (Wildman–Crippen LogP) is 2.62. The summed E-state index contributed by atoms with van der Waals surface area (Å²) >= 11 is 0. The van der Waals surface area contributed by atoms with E-state index in [2.05, 4.69) is 17.0 Å². The highest BCUT2D eigenvalue weighted by atomic mass is 16.6. The van der Waals surface area contributed by atoms with E-state index in [0.717, 1.165) is 32.4 Å². The first-order chi connectivity index (χ1) is 10.3. The van der Waals surface area contributed by atoms with Gasteiger partial charge in [0.2, 0.25) is 0 Å². The summed E-state index contributed by atoms with van der Waals surface area (Å²) in [6.07, 6.45) is 3.13. The molecular formula is C17H25NO3. The molecule has 0 radical (unpaired) electrons. The van der Waals surface area contributed by atoms with E-state index in [9.17, 15) is 4.79 Å². The Morgan fingerprint density at radius 1 is 1.24 bits per heavy atom. The highest BCUT2D eigenvalue weighted by Gasteiger charge is 2.29. The van der Waals surface area contributed by atoms with Crippen molar-refractivity contribution in [1.29, 1.82) is 0 Å². The Balaban J connectivity index is 1.87. The molecule has 4 nitrogen and oxygen atoms in total. The van der Waals surface area contributed by atoms with E-state index in [1.807, 2.05) is 25.1 Å². The average molecular weight is 291 g/mol. The van der Waals surface area contributed by atoms with Gasteiger partial charge >= 0.3 is 5.97 Å². The smallest absolute Gasteiger partial charge is 0.323 e. The van der Waals surface area contributed by atoms with Gasteiger partial charge in [-0.25, -0.2) is 0 Å². The predicted molar refractivity (Wildman–Crippen MR) is 81.9 cm³/mol. The molecule has 0 bridgehead atoms. The lowest BCUT2D eigenvalue weighted by Crippen LogP contribution is -2.45. The van der Waals surface area contributed by atoms with Gasteiger partial charge in [0.25, 0.3) is 0 Å². The van der Waals surface area contributed by atoms with E-state index in [1.165, 1.54) is 5.56 Å². The molecular weight excluding hydrogens is 266 g/mol. The molecule has 0 unspecified atom stereocenters. The lowest BCUT2D eigenvalue weighted by molar-refractivity contribution is -0.153. The van der Waals surface area contributed by atoms with Crippen molar-refractivity contribution in [1.82, 2.24) is 4.90 Å². The Labute approximate surface area is 127 Å². The molecule has 116 valence electrons. The summed E-state index contributed by atoms with van der Waals surface area (Å²) in [5.41, 5.74) is 1.24. The summed E-state index contributed by atoms with van der Waals surface area (Å²) in [7, 11) is 0. The Bertz CT molecular complexity index is 421. The standard InChI is InChI=1S/C17H25NO3/c1-2-20-12-13-21-17(19)16-10-6-7-11-18(16)14-15-8-4-3-5-9-15/h3-5,8-9,16H,2,6-7,10-14H2,1H3/t16-/m0/s1. The first kappa shape index (κ1) is 16.0. The maximum atomic E-state index is 12.2. The number of hydrogen-bond donors (Lipinski definition) is 0. The number of nitrogens with zero attached hydrogens (tertiary/aromatic N) is 1. The topological polar surface area (TPSA) is 38.8 Å². The number of carbonyl (C=O) groups excluding carboxylic acids is 1. The van der Waals surface area contributed by atoms with Crippen molar-refractivity contribution in [3.63, 3.8) is 0 Å². The second-order valence-corrected chi connectivity index (χ2v) is 5.33. The summed E-state index contributed by atoms with van der Waals surface area (Å²) in [6, 6.07) is 10.2. The van der Waals surface area contributed by atoms with Gasteiger partial charge in [-0.2, -0.15) is 0 Å². The molecule has 0 N–H and O–H groups in total. The lowest BCUT2D eigenvalue weighted by Gasteiger charge is -2.34. The van der Waals surface area contributed by atoms with Crippen LogP contribution in [0.4, 0.5) is 0 Å². The molecule has 1 aromatic rings. The monoisotopic (exact) mass is 291 g/mol. The molecule has 4 heteroatoms. The van der Waals surface area contributed by atoms with Crippen molar-refractivity contribution in [3.05, 3.63) is 35.9 Å². The normalized spacial score (nSPS) is 19.4. The fourth-order valence-electron chi connectivity index (χ4n) is 2.71. The maximum absolute atomic E-state index is 12.2. The Hall–Kier alpha value is -1.39. The molecule has 1 aliphatic heterocycles. The van der Waals surface area contributed by atoms with Crippen LogP contribution < -0.4 is 0 Å². The van der Waals surface area contributed by atoms with Crippen LogP contribution in [0.25, 0.3) is 0 Å². The van der Waals surface area contributed by atoms with Crippen molar-refractivity contribution in [2.45, 2.75) is 38.8 Å². The molecule has 1 fully saturated rings. The highest BCUT2D eigenvalue weighted by Crippen LogP contribution is 2.20. The first-order valence-corrected chi connectivity index (χ1v) is 7.83. The van der Waals surface area contributed by atoms with E-state index in [4.69, 9.17) is 9.47 Å². The van der Waals surface area contributed by atoms with E-state index < -0.39 is 0 Å². The van der Waals surface area contributed by atoms with Crippen LogP contribution in [-0.2, 0) is 20.8 Å². The van der Waals surface area contributed by atoms with Crippen LogP contribution in [0.1, 0.15) is 31.7 Å². The van der Waals surface area contributed by atoms with Crippen LogP contribution in [0.5, 0.6) is 0 Å². The Morgan fingerprint density at radius 2 is 2.05 bits per heavy atom. The van der Waals surface area contributed by atoms with E-state index in [0.29, 0.717) is 19.8 Å².